The SMILES string of the molecule is CC/C=C\C/C=C\C/C=C\C/C=C\CCCCCCC(=O)OCC(COP(=O)(O)OCC(O)COP(=O)(O)OCC(COC(=O)CCCCCCCC/C=C\C/C=C\C/C=C\CCCCC)OC(=O)CCCCCCC/C=C\C/C=C\CCCCC)OC(=O)CCCCCCCCCCCCC. The van der Waals surface area contributed by atoms with Crippen LogP contribution < -0.4 is 0 Å². The molecule has 0 aliphatic carbocycles. The lowest BCUT2D eigenvalue weighted by atomic mass is 10.1. The molecule has 0 bridgehead atoms. The highest BCUT2D eigenvalue weighted by atomic mass is 31.2. The lowest BCUT2D eigenvalue weighted by Crippen LogP contribution is -2.30. The monoisotopic (exact) mass is 1470 g/mol. The highest BCUT2D eigenvalue weighted by molar-refractivity contribution is 7.47. The summed E-state index contributed by atoms with van der Waals surface area (Å²) in [4.78, 5) is 73.0. The van der Waals surface area contributed by atoms with E-state index in [2.05, 4.69) is 137 Å². The molecule has 0 aliphatic rings. The molecule has 0 radical (unpaired) electrons. The van der Waals surface area contributed by atoms with Crippen LogP contribution in [0.1, 0.15) is 336 Å². The molecule has 588 valence electrons. The first kappa shape index (κ1) is 97.7. The molecule has 5 atom stereocenters. The second-order valence-electron chi connectivity index (χ2n) is 26.6. The number of phosphoric ester groups is 2. The maximum Gasteiger partial charge on any atom is 0.472 e. The second kappa shape index (κ2) is 75.0. The molecule has 0 aromatic carbocycles. The van der Waals surface area contributed by atoms with Crippen molar-refractivity contribution in [2.45, 2.75) is 354 Å². The molecule has 17 nitrogen and oxygen atoms in total. The van der Waals surface area contributed by atoms with Crippen LogP contribution in [0.25, 0.3) is 0 Å². The molecule has 0 aromatic rings. The summed E-state index contributed by atoms with van der Waals surface area (Å²) in [7, 11) is -9.96. The Hall–Kier alpha value is -4.28. The number of hydrogen-bond acceptors (Lipinski definition) is 15. The van der Waals surface area contributed by atoms with Gasteiger partial charge in [-0.05, 0) is 135 Å². The van der Waals surface area contributed by atoms with E-state index in [0.29, 0.717) is 25.7 Å². The van der Waals surface area contributed by atoms with Gasteiger partial charge in [0.25, 0.3) is 0 Å². The van der Waals surface area contributed by atoms with E-state index in [1.807, 2.05) is 0 Å². The average Bonchev–Trinajstić information content (AvgIpc) is 0.926. The van der Waals surface area contributed by atoms with Gasteiger partial charge in [0.1, 0.15) is 19.3 Å². The number of ether oxygens (including phenoxy) is 4. The second-order valence-corrected chi connectivity index (χ2v) is 29.5. The van der Waals surface area contributed by atoms with Gasteiger partial charge in [-0.3, -0.25) is 37.3 Å². The van der Waals surface area contributed by atoms with Crippen molar-refractivity contribution in [3.05, 3.63) is 109 Å². The van der Waals surface area contributed by atoms with E-state index in [4.69, 9.17) is 37.0 Å². The van der Waals surface area contributed by atoms with Crippen LogP contribution in [0, 0.1) is 0 Å². The molecule has 0 saturated carbocycles. The van der Waals surface area contributed by atoms with E-state index in [9.17, 15) is 43.2 Å². The molecule has 5 unspecified atom stereocenters. The summed E-state index contributed by atoms with van der Waals surface area (Å²) in [6.07, 6.45) is 80.6. The van der Waals surface area contributed by atoms with Gasteiger partial charge in [-0.2, -0.15) is 0 Å². The first-order chi connectivity index (χ1) is 49.7. The highest BCUT2D eigenvalue weighted by Crippen LogP contribution is 2.45. The van der Waals surface area contributed by atoms with Crippen molar-refractivity contribution in [3.63, 3.8) is 0 Å². The molecule has 0 aromatic heterocycles. The van der Waals surface area contributed by atoms with E-state index >= 15 is 0 Å². The van der Waals surface area contributed by atoms with Crippen LogP contribution in [-0.4, -0.2) is 96.7 Å². The summed E-state index contributed by atoms with van der Waals surface area (Å²) < 4.78 is 68.6. The minimum Gasteiger partial charge on any atom is -0.462 e. The van der Waals surface area contributed by atoms with Gasteiger partial charge in [-0.15, -0.1) is 0 Å². The van der Waals surface area contributed by atoms with Gasteiger partial charge in [0.2, 0.25) is 0 Å². The minimum atomic E-state index is -4.98. The number of hydrogen-bond donors (Lipinski definition) is 3. The van der Waals surface area contributed by atoms with Crippen molar-refractivity contribution >= 4 is 39.5 Å². The molecule has 102 heavy (non-hydrogen) atoms. The van der Waals surface area contributed by atoms with E-state index in [0.717, 1.165) is 180 Å². The molecule has 0 rings (SSSR count). The fourth-order valence-electron chi connectivity index (χ4n) is 10.6. The fourth-order valence-corrected chi connectivity index (χ4v) is 12.2. The number of carbonyl (C=O) groups excluding carboxylic acids is 4. The largest absolute Gasteiger partial charge is 0.472 e. The Kier molecular flexibility index (Phi) is 71.8. The van der Waals surface area contributed by atoms with Gasteiger partial charge in [-0.25, -0.2) is 9.13 Å². The van der Waals surface area contributed by atoms with E-state index in [1.165, 1.54) is 77.0 Å². The lowest BCUT2D eigenvalue weighted by molar-refractivity contribution is -0.161. The molecule has 0 fully saturated rings. The molecule has 0 amide bonds. The van der Waals surface area contributed by atoms with Crippen LogP contribution in [0.3, 0.4) is 0 Å². The van der Waals surface area contributed by atoms with Gasteiger partial charge in [0.05, 0.1) is 26.4 Å². The van der Waals surface area contributed by atoms with E-state index in [1.54, 1.807) is 0 Å². The summed E-state index contributed by atoms with van der Waals surface area (Å²) in [5.41, 5.74) is 0. The van der Waals surface area contributed by atoms with E-state index in [-0.39, 0.29) is 25.7 Å². The van der Waals surface area contributed by atoms with Crippen molar-refractivity contribution in [1.82, 2.24) is 0 Å². The van der Waals surface area contributed by atoms with Gasteiger partial charge >= 0.3 is 39.5 Å². The molecule has 0 aliphatic heterocycles. The normalized spacial score (nSPS) is 14.5. The number of esters is 4. The number of carbonyl (C=O) groups is 4. The number of allylic oxidation sites excluding steroid dienone is 18. The first-order valence-corrected chi connectivity index (χ1v) is 43.1. The van der Waals surface area contributed by atoms with Crippen LogP contribution in [0.4, 0.5) is 0 Å². The number of aliphatic hydroxyl groups is 1. The molecule has 19 heteroatoms. The van der Waals surface area contributed by atoms with Crippen LogP contribution in [0.5, 0.6) is 0 Å². The Bertz CT molecular complexity index is 2360. The zero-order chi connectivity index (χ0) is 74.6. The molecular formula is C83H144O17P2. The van der Waals surface area contributed by atoms with Crippen molar-refractivity contribution in [1.29, 1.82) is 0 Å². The lowest BCUT2D eigenvalue weighted by Gasteiger charge is -2.21. The summed E-state index contributed by atoms with van der Waals surface area (Å²) in [6, 6.07) is 0. The summed E-state index contributed by atoms with van der Waals surface area (Å²) in [6.45, 7) is 4.67. The molecule has 3 N–H and O–H groups in total. The Morgan fingerprint density at radius 3 is 0.804 bits per heavy atom. The minimum absolute atomic E-state index is 0.0753. The van der Waals surface area contributed by atoms with Crippen LogP contribution >= 0.6 is 15.6 Å². The van der Waals surface area contributed by atoms with Crippen molar-refractivity contribution < 1.29 is 80.2 Å². The number of rotatable bonds is 75. The van der Waals surface area contributed by atoms with Gasteiger partial charge in [0, 0.05) is 25.7 Å². The first-order valence-electron chi connectivity index (χ1n) is 40.1. The molecule has 0 spiro atoms. The Balaban J connectivity index is 5.35. The molecular weight excluding hydrogens is 1330 g/mol. The smallest absolute Gasteiger partial charge is 0.462 e. The Labute approximate surface area is 619 Å². The molecule has 0 saturated heterocycles. The zero-order valence-electron chi connectivity index (χ0n) is 64.3. The summed E-state index contributed by atoms with van der Waals surface area (Å²) >= 11 is 0. The number of aliphatic hydroxyl groups excluding tert-OH is 1. The zero-order valence-corrected chi connectivity index (χ0v) is 66.0. The number of phosphoric acid groups is 2. The van der Waals surface area contributed by atoms with Crippen molar-refractivity contribution in [2.75, 3.05) is 39.6 Å². The van der Waals surface area contributed by atoms with Crippen molar-refractivity contribution in [2.24, 2.45) is 0 Å². The third kappa shape index (κ3) is 74.0. The Morgan fingerprint density at radius 2 is 0.510 bits per heavy atom. The summed E-state index contributed by atoms with van der Waals surface area (Å²) in [5.74, 6) is -2.22. The topological polar surface area (TPSA) is 237 Å². The average molecular weight is 1480 g/mol. The summed E-state index contributed by atoms with van der Waals surface area (Å²) in [5, 5.41) is 10.6. The highest BCUT2D eigenvalue weighted by Gasteiger charge is 2.30. The van der Waals surface area contributed by atoms with Gasteiger partial charge in [-0.1, -0.05) is 285 Å². The number of unbranched alkanes of at least 4 members (excludes halogenated alkanes) is 31. The van der Waals surface area contributed by atoms with Gasteiger partial charge < -0.3 is 33.8 Å². The Morgan fingerprint density at radius 1 is 0.284 bits per heavy atom. The van der Waals surface area contributed by atoms with Crippen molar-refractivity contribution in [3.8, 4) is 0 Å². The molecule has 0 heterocycles. The third-order valence-electron chi connectivity index (χ3n) is 16.7. The maximum atomic E-state index is 13.1. The van der Waals surface area contributed by atoms with E-state index < -0.39 is 97.5 Å². The van der Waals surface area contributed by atoms with Crippen LogP contribution in [0.15, 0.2) is 109 Å². The van der Waals surface area contributed by atoms with Gasteiger partial charge in [0.15, 0.2) is 12.2 Å². The quantitative estimate of drug-likeness (QED) is 0.0169. The van der Waals surface area contributed by atoms with Crippen LogP contribution in [0.2, 0.25) is 0 Å². The van der Waals surface area contributed by atoms with Crippen LogP contribution in [-0.2, 0) is 65.4 Å². The predicted molar refractivity (Wildman–Crippen MR) is 418 cm³/mol. The fraction of sp³-hybridized carbons (Fsp3) is 0.735. The predicted octanol–water partition coefficient (Wildman–Crippen LogP) is 23.3. The standard InChI is InChI=1S/C83H144O17P2/c1-5-9-13-17-21-25-29-32-35-37-38-40-43-45-49-52-56-60-64-68-81(86)94-74-79(100-83(88)70-66-62-58-54-50-46-41-34-31-27-23-19-15-11-7-3)76-98-102(91,92)96-72-77(84)71-95-101(89,90)97-75-78(99-82(87)69-65-61-57-53-47-28-24-20-16-12-8-4)73-93-80(85)67-63-59-55-51-48-44-42-39-36-33-30-26-22-18-14-10-6-2/h10,14,21-23,25-27,32-36,38,40-42,44,77-79,84H,5-9,11-13,15-20,24,28-31,37,39,43,45-76H2,1-4H3,(H,89,90)(H,91,92)/b14-10-,25-21-,26-22-,27-23-,35-32-,36-33-,40-38-,41-34-,44-42-. The third-order valence-corrected chi connectivity index (χ3v) is 18.6. The maximum absolute atomic E-state index is 13.1.